The molecular weight excluding hydrogens is 298 g/mol. The Balaban J connectivity index is 1.44. The third kappa shape index (κ3) is 3.53. The predicted octanol–water partition coefficient (Wildman–Crippen LogP) is 1.08. The van der Waals surface area contributed by atoms with Gasteiger partial charge in [-0.1, -0.05) is 6.92 Å². The summed E-state index contributed by atoms with van der Waals surface area (Å²) in [5, 5.41) is 15.6. The highest BCUT2D eigenvalue weighted by Crippen LogP contribution is 2.12. The third-order valence-corrected chi connectivity index (χ3v) is 4.64. The molecule has 0 unspecified atom stereocenters. The van der Waals surface area contributed by atoms with Crippen LogP contribution in [0, 0.1) is 0 Å². The van der Waals surface area contributed by atoms with Crippen LogP contribution in [0.4, 0.5) is 0 Å². The Bertz CT molecular complexity index is 622. The fourth-order valence-electron chi connectivity index (χ4n) is 2.70. The smallest absolute Gasteiger partial charge is 0.234 e. The number of hydrogen-bond acceptors (Lipinski definition) is 5. The zero-order chi connectivity index (χ0) is 15.4. The normalized spacial score (nSPS) is 14.8. The molecule has 2 aromatic rings. The van der Waals surface area contributed by atoms with Crippen molar-refractivity contribution >= 4 is 17.2 Å². The summed E-state index contributed by atoms with van der Waals surface area (Å²) in [6.07, 6.45) is 1.79. The lowest BCUT2D eigenvalue weighted by Crippen LogP contribution is -2.42. The van der Waals surface area contributed by atoms with Gasteiger partial charge in [-0.15, -0.1) is 10.2 Å². The number of carbonyl (C=O) groups excluding carboxylic acids is 1. The Morgan fingerprint density at radius 1 is 1.41 bits per heavy atom. The van der Waals surface area contributed by atoms with E-state index in [1.807, 2.05) is 0 Å². The summed E-state index contributed by atoms with van der Waals surface area (Å²) in [5.41, 5.74) is 1.28. The number of hydrogen-bond donors (Lipinski definition) is 1. The Morgan fingerprint density at radius 2 is 2.32 bits per heavy atom. The average molecular weight is 319 g/mol. The first-order valence-corrected chi connectivity index (χ1v) is 8.61. The van der Waals surface area contributed by atoms with Gasteiger partial charge in [-0.05, 0) is 28.8 Å². The summed E-state index contributed by atoms with van der Waals surface area (Å²) < 4.78 is 2.17. The van der Waals surface area contributed by atoms with Crippen molar-refractivity contribution in [2.75, 3.05) is 19.6 Å². The molecule has 0 saturated heterocycles. The predicted molar refractivity (Wildman–Crippen MR) is 85.7 cm³/mol. The van der Waals surface area contributed by atoms with E-state index in [-0.39, 0.29) is 5.91 Å². The van der Waals surface area contributed by atoms with Crippen LogP contribution in [-0.4, -0.2) is 45.2 Å². The SMILES string of the molecule is CCc1nnc2n1CCN(CC(=O)NCCc1ccsc1)C2. The van der Waals surface area contributed by atoms with Crippen molar-refractivity contribution in [1.29, 1.82) is 0 Å². The number of thiophene rings is 1. The zero-order valence-electron chi connectivity index (χ0n) is 12.8. The maximum Gasteiger partial charge on any atom is 0.234 e. The van der Waals surface area contributed by atoms with Crippen LogP contribution in [0.1, 0.15) is 24.1 Å². The Morgan fingerprint density at radius 3 is 3.09 bits per heavy atom. The van der Waals surface area contributed by atoms with Crippen LogP contribution in [0.3, 0.4) is 0 Å². The van der Waals surface area contributed by atoms with Crippen molar-refractivity contribution in [1.82, 2.24) is 25.0 Å². The van der Waals surface area contributed by atoms with Crippen LogP contribution in [-0.2, 0) is 30.7 Å². The minimum absolute atomic E-state index is 0.0823. The molecule has 6 nitrogen and oxygen atoms in total. The fraction of sp³-hybridized carbons (Fsp3) is 0.533. The number of aryl methyl sites for hydroxylation is 1. The van der Waals surface area contributed by atoms with Gasteiger partial charge in [-0.25, -0.2) is 0 Å². The van der Waals surface area contributed by atoms with E-state index in [4.69, 9.17) is 0 Å². The minimum Gasteiger partial charge on any atom is -0.355 e. The van der Waals surface area contributed by atoms with Gasteiger partial charge in [0.15, 0.2) is 0 Å². The van der Waals surface area contributed by atoms with Gasteiger partial charge in [-0.3, -0.25) is 9.69 Å². The number of nitrogens with zero attached hydrogens (tertiary/aromatic N) is 4. The monoisotopic (exact) mass is 319 g/mol. The van der Waals surface area contributed by atoms with Gasteiger partial charge >= 0.3 is 0 Å². The summed E-state index contributed by atoms with van der Waals surface area (Å²) in [6.45, 7) is 5.65. The van der Waals surface area contributed by atoms with E-state index in [9.17, 15) is 4.79 Å². The lowest BCUT2D eigenvalue weighted by atomic mass is 10.2. The van der Waals surface area contributed by atoms with E-state index in [0.29, 0.717) is 19.6 Å². The van der Waals surface area contributed by atoms with E-state index in [0.717, 1.165) is 37.6 Å². The molecule has 0 bridgehead atoms. The van der Waals surface area contributed by atoms with Crippen molar-refractivity contribution in [3.8, 4) is 0 Å². The Hall–Kier alpha value is -1.73. The van der Waals surface area contributed by atoms with Gasteiger partial charge in [0.1, 0.15) is 11.6 Å². The van der Waals surface area contributed by atoms with Gasteiger partial charge in [-0.2, -0.15) is 11.3 Å². The molecule has 1 N–H and O–H groups in total. The number of amides is 1. The van der Waals surface area contributed by atoms with Crippen molar-refractivity contribution in [3.05, 3.63) is 34.0 Å². The second-order valence-corrected chi connectivity index (χ2v) is 6.26. The lowest BCUT2D eigenvalue weighted by molar-refractivity contribution is -0.122. The van der Waals surface area contributed by atoms with Crippen molar-refractivity contribution in [2.45, 2.75) is 32.9 Å². The van der Waals surface area contributed by atoms with Crippen LogP contribution in [0.2, 0.25) is 0 Å². The summed E-state index contributed by atoms with van der Waals surface area (Å²) in [6, 6.07) is 2.10. The number of fused-ring (bicyclic) bond motifs is 1. The summed E-state index contributed by atoms with van der Waals surface area (Å²) in [4.78, 5) is 14.1. The van der Waals surface area contributed by atoms with Crippen molar-refractivity contribution < 1.29 is 4.79 Å². The molecule has 0 radical (unpaired) electrons. The van der Waals surface area contributed by atoms with E-state index >= 15 is 0 Å². The lowest BCUT2D eigenvalue weighted by Gasteiger charge is -2.27. The van der Waals surface area contributed by atoms with Gasteiger partial charge in [0.25, 0.3) is 0 Å². The molecule has 0 aliphatic carbocycles. The Kier molecular flexibility index (Phi) is 4.84. The third-order valence-electron chi connectivity index (χ3n) is 3.91. The van der Waals surface area contributed by atoms with Gasteiger partial charge in [0, 0.05) is 26.1 Å². The second-order valence-electron chi connectivity index (χ2n) is 5.48. The van der Waals surface area contributed by atoms with E-state index in [1.165, 1.54) is 5.56 Å². The van der Waals surface area contributed by atoms with Gasteiger partial charge in [0.2, 0.25) is 5.91 Å². The molecule has 0 fully saturated rings. The van der Waals surface area contributed by atoms with Crippen molar-refractivity contribution in [3.63, 3.8) is 0 Å². The summed E-state index contributed by atoms with van der Waals surface area (Å²) in [7, 11) is 0. The van der Waals surface area contributed by atoms with Crippen LogP contribution in [0.25, 0.3) is 0 Å². The first-order valence-electron chi connectivity index (χ1n) is 7.67. The molecule has 1 aliphatic rings. The second kappa shape index (κ2) is 7.02. The van der Waals surface area contributed by atoms with Crippen molar-refractivity contribution in [2.24, 2.45) is 0 Å². The molecule has 1 aliphatic heterocycles. The number of nitrogens with one attached hydrogen (secondary N) is 1. The standard InChI is InChI=1S/C15H21N5OS/c1-2-13-17-18-14-9-19(6-7-20(13)14)10-15(21)16-5-3-12-4-8-22-11-12/h4,8,11H,2-3,5-7,9-10H2,1H3,(H,16,21). The molecular formula is C15H21N5OS. The Labute approximate surface area is 134 Å². The quantitative estimate of drug-likeness (QED) is 0.865. The first-order chi connectivity index (χ1) is 10.8. The van der Waals surface area contributed by atoms with Crippen LogP contribution < -0.4 is 5.32 Å². The molecule has 118 valence electrons. The molecule has 0 aromatic carbocycles. The minimum atomic E-state index is 0.0823. The molecule has 2 aromatic heterocycles. The maximum atomic E-state index is 12.0. The number of rotatable bonds is 6. The molecule has 3 heterocycles. The molecule has 3 rings (SSSR count). The maximum absolute atomic E-state index is 12.0. The number of carbonyl (C=O) groups is 1. The topological polar surface area (TPSA) is 63.1 Å². The summed E-state index contributed by atoms with van der Waals surface area (Å²) in [5.74, 6) is 2.09. The first kappa shape index (κ1) is 15.2. The average Bonchev–Trinajstić information content (AvgIpc) is 3.15. The van der Waals surface area contributed by atoms with Gasteiger partial charge < -0.3 is 9.88 Å². The molecule has 0 atom stereocenters. The molecule has 22 heavy (non-hydrogen) atoms. The highest BCUT2D eigenvalue weighted by molar-refractivity contribution is 7.07. The highest BCUT2D eigenvalue weighted by Gasteiger charge is 2.21. The molecule has 0 saturated carbocycles. The van der Waals surface area contributed by atoms with Gasteiger partial charge in [0.05, 0.1) is 13.1 Å². The van der Waals surface area contributed by atoms with E-state index in [2.05, 4.69) is 48.7 Å². The fourth-order valence-corrected chi connectivity index (χ4v) is 3.41. The van der Waals surface area contributed by atoms with Crippen LogP contribution >= 0.6 is 11.3 Å². The molecule has 7 heteroatoms. The number of aromatic nitrogens is 3. The van der Waals surface area contributed by atoms with E-state index in [1.54, 1.807) is 11.3 Å². The zero-order valence-corrected chi connectivity index (χ0v) is 13.6. The van der Waals surface area contributed by atoms with E-state index < -0.39 is 0 Å². The van der Waals surface area contributed by atoms with Crippen LogP contribution in [0.15, 0.2) is 16.8 Å². The summed E-state index contributed by atoms with van der Waals surface area (Å²) >= 11 is 1.69. The van der Waals surface area contributed by atoms with Crippen LogP contribution in [0.5, 0.6) is 0 Å². The largest absolute Gasteiger partial charge is 0.355 e. The molecule has 1 amide bonds. The molecule has 0 spiro atoms. The highest BCUT2D eigenvalue weighted by atomic mass is 32.1.